The Labute approximate surface area is 124 Å². The minimum absolute atomic E-state index is 0.302. The molecule has 7 nitrogen and oxygen atoms in total. The van der Waals surface area contributed by atoms with E-state index in [0.29, 0.717) is 24.0 Å². The minimum atomic E-state index is -0.904. The van der Waals surface area contributed by atoms with Gasteiger partial charge in [-0.05, 0) is 26.0 Å². The molecule has 1 aromatic rings. The zero-order valence-corrected chi connectivity index (χ0v) is 12.8. The van der Waals surface area contributed by atoms with Crippen molar-refractivity contribution in [2.24, 2.45) is 5.73 Å². The summed E-state index contributed by atoms with van der Waals surface area (Å²) in [4.78, 5) is 26.7. The molecule has 0 saturated carbocycles. The van der Waals surface area contributed by atoms with Gasteiger partial charge < -0.3 is 15.8 Å². The van der Waals surface area contributed by atoms with E-state index in [0.717, 1.165) is 5.69 Å². The number of carbonyl (C=O) groups is 2. The lowest BCUT2D eigenvalue weighted by Crippen LogP contribution is -2.42. The molecule has 4 N–H and O–H groups in total. The van der Waals surface area contributed by atoms with Crippen LogP contribution >= 0.6 is 0 Å². The van der Waals surface area contributed by atoms with Crippen LogP contribution in [0.5, 0.6) is 5.75 Å². The Hall–Kier alpha value is -2.15. The maximum Gasteiger partial charge on any atom is 0.318 e. The molecule has 0 aliphatic carbocycles. The van der Waals surface area contributed by atoms with E-state index in [4.69, 9.17) is 10.5 Å². The average Bonchev–Trinajstić information content (AvgIpc) is 2.37. The van der Waals surface area contributed by atoms with E-state index in [1.807, 2.05) is 26.1 Å². The number of carbonyl (C=O) groups excluding carboxylic acids is 2. The molecule has 116 valence electrons. The number of urea groups is 1. The number of aromatic nitrogens is 1. The maximum atomic E-state index is 11.6. The number of aryl methyl sites for hydroxylation is 1. The molecule has 3 amide bonds. The number of imide groups is 1. The zero-order valence-electron chi connectivity index (χ0n) is 12.8. The largest absolute Gasteiger partial charge is 0.479 e. The summed E-state index contributed by atoms with van der Waals surface area (Å²) < 4.78 is 5.57. The highest BCUT2D eigenvalue weighted by molar-refractivity contribution is 5.95. The van der Waals surface area contributed by atoms with Crippen molar-refractivity contribution in [2.75, 3.05) is 0 Å². The molecule has 0 saturated heterocycles. The Morgan fingerprint density at radius 2 is 2.00 bits per heavy atom. The van der Waals surface area contributed by atoms with Crippen LogP contribution in [-0.4, -0.2) is 29.1 Å². The van der Waals surface area contributed by atoms with Gasteiger partial charge in [-0.25, -0.2) is 4.79 Å². The van der Waals surface area contributed by atoms with Crippen molar-refractivity contribution in [3.8, 4) is 5.75 Å². The van der Waals surface area contributed by atoms with Crippen LogP contribution < -0.4 is 21.1 Å². The van der Waals surface area contributed by atoms with Gasteiger partial charge in [0.15, 0.2) is 6.10 Å². The molecular formula is C14H22N4O3. The summed E-state index contributed by atoms with van der Waals surface area (Å²) in [5.74, 6) is -0.0910. The van der Waals surface area contributed by atoms with E-state index < -0.39 is 18.0 Å². The lowest BCUT2D eigenvalue weighted by molar-refractivity contribution is -0.126. The van der Waals surface area contributed by atoms with Gasteiger partial charge in [0.25, 0.3) is 5.91 Å². The second-order valence-corrected chi connectivity index (χ2v) is 5.05. The molecule has 0 fully saturated rings. The van der Waals surface area contributed by atoms with E-state index in [9.17, 15) is 9.59 Å². The number of nitrogens with zero attached hydrogens (tertiary/aromatic N) is 1. The first-order valence-corrected chi connectivity index (χ1v) is 6.76. The zero-order chi connectivity index (χ0) is 16.0. The summed E-state index contributed by atoms with van der Waals surface area (Å²) in [5, 5.41) is 5.23. The van der Waals surface area contributed by atoms with E-state index in [-0.39, 0.29) is 0 Å². The number of hydrogen-bond acceptors (Lipinski definition) is 5. The second-order valence-electron chi connectivity index (χ2n) is 5.05. The molecule has 1 rings (SSSR count). The molecule has 1 atom stereocenters. The fourth-order valence-electron chi connectivity index (χ4n) is 1.60. The molecule has 7 heteroatoms. The highest BCUT2D eigenvalue weighted by Gasteiger charge is 2.18. The molecule has 0 spiro atoms. The first-order valence-electron chi connectivity index (χ1n) is 6.76. The summed E-state index contributed by atoms with van der Waals surface area (Å²) in [7, 11) is 0. The van der Waals surface area contributed by atoms with Crippen LogP contribution in [0.3, 0.4) is 0 Å². The molecule has 1 unspecified atom stereocenters. The van der Waals surface area contributed by atoms with Gasteiger partial charge in [-0.1, -0.05) is 13.8 Å². The molecule has 0 aliphatic rings. The SMILES string of the molecule is Cc1ccc(OC(C)C(=O)NC(N)=O)c(CNC(C)C)n1. The van der Waals surface area contributed by atoms with Gasteiger partial charge in [-0.2, -0.15) is 0 Å². The average molecular weight is 294 g/mol. The van der Waals surface area contributed by atoms with Crippen molar-refractivity contribution in [1.82, 2.24) is 15.6 Å². The molecule has 0 radical (unpaired) electrons. The van der Waals surface area contributed by atoms with Crippen molar-refractivity contribution >= 4 is 11.9 Å². The number of primary amides is 1. The third-order valence-corrected chi connectivity index (χ3v) is 2.67. The maximum absolute atomic E-state index is 11.6. The number of nitrogens with one attached hydrogen (secondary N) is 2. The monoisotopic (exact) mass is 294 g/mol. The summed E-state index contributed by atoms with van der Waals surface area (Å²) in [5.41, 5.74) is 6.48. The summed E-state index contributed by atoms with van der Waals surface area (Å²) in [6.45, 7) is 8.00. The first-order chi connectivity index (χ1) is 9.79. The number of pyridine rings is 1. The quantitative estimate of drug-likeness (QED) is 0.721. The predicted molar refractivity (Wildman–Crippen MR) is 78.8 cm³/mol. The van der Waals surface area contributed by atoms with E-state index in [1.165, 1.54) is 6.92 Å². The third-order valence-electron chi connectivity index (χ3n) is 2.67. The number of nitrogens with two attached hydrogens (primary N) is 1. The summed E-state index contributed by atoms with van der Waals surface area (Å²) in [6.07, 6.45) is -0.847. The lowest BCUT2D eigenvalue weighted by Gasteiger charge is -2.17. The van der Waals surface area contributed by atoms with Crippen LogP contribution in [0.1, 0.15) is 32.2 Å². The Balaban J connectivity index is 2.81. The third kappa shape index (κ3) is 5.78. The van der Waals surface area contributed by atoms with Crippen molar-refractivity contribution in [2.45, 2.75) is 46.4 Å². The molecule has 1 aromatic heterocycles. The highest BCUT2D eigenvalue weighted by atomic mass is 16.5. The summed E-state index contributed by atoms with van der Waals surface area (Å²) >= 11 is 0. The van der Waals surface area contributed by atoms with Crippen molar-refractivity contribution in [3.63, 3.8) is 0 Å². The van der Waals surface area contributed by atoms with Gasteiger partial charge in [-0.3, -0.25) is 15.1 Å². The summed E-state index contributed by atoms with van der Waals surface area (Å²) in [6, 6.07) is 2.95. The van der Waals surface area contributed by atoms with Crippen molar-refractivity contribution in [1.29, 1.82) is 0 Å². The van der Waals surface area contributed by atoms with Crippen LogP contribution in [-0.2, 0) is 11.3 Å². The van der Waals surface area contributed by atoms with Gasteiger partial charge in [0.05, 0.1) is 5.69 Å². The van der Waals surface area contributed by atoms with Crippen LogP contribution in [0, 0.1) is 6.92 Å². The Kier molecular flexibility index (Phi) is 6.10. The smallest absolute Gasteiger partial charge is 0.318 e. The van der Waals surface area contributed by atoms with E-state index in [1.54, 1.807) is 12.1 Å². The number of amides is 3. The number of hydrogen-bond donors (Lipinski definition) is 3. The Bertz CT molecular complexity index is 517. The van der Waals surface area contributed by atoms with Crippen LogP contribution in [0.2, 0.25) is 0 Å². The number of ether oxygens (including phenoxy) is 1. The normalized spacial score (nSPS) is 12.0. The van der Waals surface area contributed by atoms with Crippen molar-refractivity contribution < 1.29 is 14.3 Å². The lowest BCUT2D eigenvalue weighted by atomic mass is 10.2. The Morgan fingerprint density at radius 1 is 1.33 bits per heavy atom. The fourth-order valence-corrected chi connectivity index (χ4v) is 1.60. The van der Waals surface area contributed by atoms with Gasteiger partial charge in [0.1, 0.15) is 5.75 Å². The minimum Gasteiger partial charge on any atom is -0.479 e. The van der Waals surface area contributed by atoms with E-state index in [2.05, 4.69) is 10.3 Å². The van der Waals surface area contributed by atoms with Gasteiger partial charge in [0, 0.05) is 18.3 Å². The molecule has 1 heterocycles. The fraction of sp³-hybridized carbons (Fsp3) is 0.500. The second kappa shape index (κ2) is 7.58. The van der Waals surface area contributed by atoms with Gasteiger partial charge in [0.2, 0.25) is 0 Å². The standard InChI is InChI=1S/C14H22N4O3/c1-8(2)16-7-11-12(6-5-9(3)17-11)21-10(4)13(19)18-14(15)20/h5-6,8,10,16H,7H2,1-4H3,(H3,15,18,19,20). The van der Waals surface area contributed by atoms with E-state index >= 15 is 0 Å². The molecule has 0 aromatic carbocycles. The van der Waals surface area contributed by atoms with Crippen LogP contribution in [0.25, 0.3) is 0 Å². The Morgan fingerprint density at radius 3 is 2.57 bits per heavy atom. The molecule has 0 aliphatic heterocycles. The first kappa shape index (κ1) is 16.9. The molecule has 21 heavy (non-hydrogen) atoms. The van der Waals surface area contributed by atoms with Crippen molar-refractivity contribution in [3.05, 3.63) is 23.5 Å². The van der Waals surface area contributed by atoms with Crippen LogP contribution in [0.4, 0.5) is 4.79 Å². The molecule has 0 bridgehead atoms. The highest BCUT2D eigenvalue weighted by Crippen LogP contribution is 2.18. The molecular weight excluding hydrogens is 272 g/mol. The van der Waals surface area contributed by atoms with Gasteiger partial charge in [-0.15, -0.1) is 0 Å². The van der Waals surface area contributed by atoms with Crippen LogP contribution in [0.15, 0.2) is 12.1 Å². The number of rotatable bonds is 6. The topological polar surface area (TPSA) is 106 Å². The van der Waals surface area contributed by atoms with Gasteiger partial charge >= 0.3 is 6.03 Å². The predicted octanol–water partition coefficient (Wildman–Crippen LogP) is 0.850.